The van der Waals surface area contributed by atoms with E-state index in [4.69, 9.17) is 10.5 Å². The molecule has 3 N–H and O–H groups in total. The fourth-order valence-corrected chi connectivity index (χ4v) is 3.19. The molecule has 0 unspecified atom stereocenters. The first-order chi connectivity index (χ1) is 9.26. The van der Waals surface area contributed by atoms with Crippen molar-refractivity contribution in [2.24, 2.45) is 5.73 Å². The van der Waals surface area contributed by atoms with E-state index in [1.807, 2.05) is 0 Å². The van der Waals surface area contributed by atoms with Crippen LogP contribution in [0.5, 0.6) is 5.75 Å². The summed E-state index contributed by atoms with van der Waals surface area (Å²) in [7, 11) is 1.71. The minimum Gasteiger partial charge on any atom is -0.497 e. The lowest BCUT2D eigenvalue weighted by atomic mass is 9.92. The molecule has 3 rings (SSSR count). The molecule has 104 valence electrons. The van der Waals surface area contributed by atoms with E-state index in [-0.39, 0.29) is 0 Å². The predicted molar refractivity (Wildman–Crippen MR) is 77.5 cm³/mol. The lowest BCUT2D eigenvalue weighted by Crippen LogP contribution is -2.38. The summed E-state index contributed by atoms with van der Waals surface area (Å²) in [6.45, 7) is 0. The van der Waals surface area contributed by atoms with Gasteiger partial charge in [0, 0.05) is 24.0 Å². The number of methoxy groups -OCH3 is 1. The van der Waals surface area contributed by atoms with Crippen molar-refractivity contribution in [1.82, 2.24) is 5.32 Å². The van der Waals surface area contributed by atoms with Crippen LogP contribution in [-0.2, 0) is 0 Å². The van der Waals surface area contributed by atoms with Gasteiger partial charge in [0.1, 0.15) is 5.75 Å². The number of ether oxygens (including phenoxy) is 1. The standard InChI is InChI=1S/C16H24N2O/c1-19-14-8-2-11(3-9-14)15-10-16(15)18-13-6-4-12(17)5-7-13/h2-3,8-9,12-13,15-16,18H,4-7,10,17H2,1H3/t12?,13?,15-,16+/m0/s1. The minimum atomic E-state index is 0.439. The van der Waals surface area contributed by atoms with Gasteiger partial charge >= 0.3 is 0 Å². The van der Waals surface area contributed by atoms with E-state index in [0.717, 1.165) is 5.75 Å². The molecule has 0 bridgehead atoms. The first-order valence-corrected chi connectivity index (χ1v) is 7.42. The van der Waals surface area contributed by atoms with E-state index in [9.17, 15) is 0 Å². The fraction of sp³-hybridized carbons (Fsp3) is 0.625. The van der Waals surface area contributed by atoms with Gasteiger partial charge < -0.3 is 15.8 Å². The van der Waals surface area contributed by atoms with Gasteiger partial charge in [0.25, 0.3) is 0 Å². The number of hydrogen-bond acceptors (Lipinski definition) is 3. The maximum absolute atomic E-state index is 5.95. The smallest absolute Gasteiger partial charge is 0.118 e. The number of rotatable bonds is 4. The summed E-state index contributed by atoms with van der Waals surface area (Å²) in [5.74, 6) is 1.64. The minimum absolute atomic E-state index is 0.439. The van der Waals surface area contributed by atoms with Crippen LogP contribution >= 0.6 is 0 Å². The normalized spacial score (nSPS) is 34.0. The highest BCUT2D eigenvalue weighted by Crippen LogP contribution is 2.42. The Labute approximate surface area is 115 Å². The summed E-state index contributed by atoms with van der Waals surface area (Å²) in [6, 6.07) is 10.3. The summed E-state index contributed by atoms with van der Waals surface area (Å²) in [4.78, 5) is 0. The number of hydrogen-bond donors (Lipinski definition) is 2. The summed E-state index contributed by atoms with van der Waals surface area (Å²) in [6.07, 6.45) is 6.12. The molecular formula is C16H24N2O. The van der Waals surface area contributed by atoms with Crippen LogP contribution in [0.15, 0.2) is 24.3 Å². The van der Waals surface area contributed by atoms with Gasteiger partial charge in [-0.15, -0.1) is 0 Å². The second-order valence-corrected chi connectivity index (χ2v) is 6.00. The van der Waals surface area contributed by atoms with Crippen molar-refractivity contribution in [3.63, 3.8) is 0 Å². The van der Waals surface area contributed by atoms with E-state index in [1.165, 1.54) is 37.7 Å². The van der Waals surface area contributed by atoms with E-state index in [1.54, 1.807) is 7.11 Å². The molecule has 2 atom stereocenters. The largest absolute Gasteiger partial charge is 0.497 e. The monoisotopic (exact) mass is 260 g/mol. The van der Waals surface area contributed by atoms with Gasteiger partial charge in [0.15, 0.2) is 0 Å². The molecule has 0 heterocycles. The lowest BCUT2D eigenvalue weighted by molar-refractivity contribution is 0.339. The first kappa shape index (κ1) is 12.9. The molecule has 0 saturated heterocycles. The Kier molecular flexibility index (Phi) is 3.76. The highest BCUT2D eigenvalue weighted by atomic mass is 16.5. The van der Waals surface area contributed by atoms with Gasteiger partial charge in [-0.1, -0.05) is 12.1 Å². The first-order valence-electron chi connectivity index (χ1n) is 7.42. The zero-order chi connectivity index (χ0) is 13.2. The Bertz CT molecular complexity index is 409. The van der Waals surface area contributed by atoms with Crippen LogP contribution in [0.25, 0.3) is 0 Å². The Morgan fingerprint density at radius 1 is 1.11 bits per heavy atom. The van der Waals surface area contributed by atoms with Crippen LogP contribution in [0.1, 0.15) is 43.6 Å². The molecule has 2 aliphatic rings. The van der Waals surface area contributed by atoms with E-state index < -0.39 is 0 Å². The van der Waals surface area contributed by atoms with Crippen molar-refractivity contribution in [3.05, 3.63) is 29.8 Å². The van der Waals surface area contributed by atoms with Crippen molar-refractivity contribution in [3.8, 4) is 5.75 Å². The summed E-state index contributed by atoms with van der Waals surface area (Å²) >= 11 is 0. The van der Waals surface area contributed by atoms with Crippen LogP contribution < -0.4 is 15.8 Å². The molecule has 3 heteroatoms. The van der Waals surface area contributed by atoms with Crippen molar-refractivity contribution in [1.29, 1.82) is 0 Å². The topological polar surface area (TPSA) is 47.3 Å². The third-order valence-electron chi connectivity index (χ3n) is 4.56. The lowest BCUT2D eigenvalue weighted by Gasteiger charge is -2.27. The highest BCUT2D eigenvalue weighted by Gasteiger charge is 2.39. The van der Waals surface area contributed by atoms with Gasteiger partial charge in [0.05, 0.1) is 7.11 Å². The zero-order valence-electron chi connectivity index (χ0n) is 11.6. The summed E-state index contributed by atoms with van der Waals surface area (Å²) in [5, 5.41) is 3.80. The van der Waals surface area contributed by atoms with E-state index in [0.29, 0.717) is 24.0 Å². The van der Waals surface area contributed by atoms with Gasteiger partial charge in [0.2, 0.25) is 0 Å². The van der Waals surface area contributed by atoms with Gasteiger partial charge in [-0.25, -0.2) is 0 Å². The number of nitrogens with one attached hydrogen (secondary N) is 1. The van der Waals surface area contributed by atoms with Gasteiger partial charge in [-0.3, -0.25) is 0 Å². The highest BCUT2D eigenvalue weighted by molar-refractivity contribution is 5.33. The van der Waals surface area contributed by atoms with Gasteiger partial charge in [-0.2, -0.15) is 0 Å². The molecule has 2 fully saturated rings. The zero-order valence-corrected chi connectivity index (χ0v) is 11.6. The molecule has 1 aromatic rings. The maximum Gasteiger partial charge on any atom is 0.118 e. The Morgan fingerprint density at radius 3 is 2.42 bits per heavy atom. The maximum atomic E-state index is 5.95. The molecular weight excluding hydrogens is 236 g/mol. The second-order valence-electron chi connectivity index (χ2n) is 6.00. The van der Waals surface area contributed by atoms with Crippen LogP contribution in [0, 0.1) is 0 Å². The Hall–Kier alpha value is -1.06. The summed E-state index contributed by atoms with van der Waals surface area (Å²) in [5.41, 5.74) is 7.39. The molecule has 2 saturated carbocycles. The SMILES string of the molecule is COc1ccc([C@@H]2C[C@H]2NC2CCC(N)CC2)cc1. The number of nitrogens with two attached hydrogens (primary N) is 1. The molecule has 3 nitrogen and oxygen atoms in total. The van der Waals surface area contributed by atoms with E-state index >= 15 is 0 Å². The molecule has 0 amide bonds. The quantitative estimate of drug-likeness (QED) is 0.874. The Balaban J connectivity index is 1.50. The average molecular weight is 260 g/mol. The molecule has 1 aromatic carbocycles. The number of benzene rings is 1. The van der Waals surface area contributed by atoms with Crippen LogP contribution in [-0.4, -0.2) is 25.2 Å². The van der Waals surface area contributed by atoms with Crippen LogP contribution in [0.4, 0.5) is 0 Å². The predicted octanol–water partition coefficient (Wildman–Crippen LogP) is 2.41. The molecule has 19 heavy (non-hydrogen) atoms. The van der Waals surface area contributed by atoms with Gasteiger partial charge in [-0.05, 0) is 49.8 Å². The third kappa shape index (κ3) is 3.10. The molecule has 0 aromatic heterocycles. The van der Waals surface area contributed by atoms with Crippen LogP contribution in [0.3, 0.4) is 0 Å². The van der Waals surface area contributed by atoms with Crippen molar-refractivity contribution in [2.75, 3.05) is 7.11 Å². The van der Waals surface area contributed by atoms with E-state index in [2.05, 4.69) is 29.6 Å². The van der Waals surface area contributed by atoms with Crippen molar-refractivity contribution < 1.29 is 4.74 Å². The van der Waals surface area contributed by atoms with Crippen molar-refractivity contribution in [2.45, 2.75) is 56.1 Å². The van der Waals surface area contributed by atoms with Crippen LogP contribution in [0.2, 0.25) is 0 Å². The molecule has 0 radical (unpaired) electrons. The molecule has 0 aliphatic heterocycles. The van der Waals surface area contributed by atoms with Crippen molar-refractivity contribution >= 4 is 0 Å². The second kappa shape index (κ2) is 5.51. The molecule has 0 spiro atoms. The summed E-state index contributed by atoms with van der Waals surface area (Å²) < 4.78 is 5.20. The molecule has 2 aliphatic carbocycles. The third-order valence-corrected chi connectivity index (χ3v) is 4.56. The fourth-order valence-electron chi connectivity index (χ4n) is 3.19. The average Bonchev–Trinajstić information content (AvgIpc) is 3.21. The Morgan fingerprint density at radius 2 is 1.79 bits per heavy atom.